The molecule has 1 heterocycles. The Labute approximate surface area is 108 Å². The van der Waals surface area contributed by atoms with E-state index in [-0.39, 0.29) is 5.41 Å². The van der Waals surface area contributed by atoms with Gasteiger partial charge in [0.1, 0.15) is 0 Å². The lowest BCUT2D eigenvalue weighted by Gasteiger charge is -2.31. The Kier molecular flexibility index (Phi) is 2.55. The SMILES string of the molecule is CC(C)(c1ccccn1)C1C=Cc2ccccc21. The second-order valence-electron chi connectivity index (χ2n) is 5.40. The van der Waals surface area contributed by atoms with Crippen LogP contribution in [0.3, 0.4) is 0 Å². The molecule has 0 fully saturated rings. The molecule has 0 saturated heterocycles. The van der Waals surface area contributed by atoms with Gasteiger partial charge >= 0.3 is 0 Å². The van der Waals surface area contributed by atoms with Gasteiger partial charge in [-0.2, -0.15) is 0 Å². The van der Waals surface area contributed by atoms with Crippen molar-refractivity contribution in [2.24, 2.45) is 0 Å². The predicted octanol–water partition coefficient (Wildman–Crippen LogP) is 4.17. The third-order valence-electron chi connectivity index (χ3n) is 3.90. The van der Waals surface area contributed by atoms with Crippen LogP contribution in [0.5, 0.6) is 0 Å². The Morgan fingerprint density at radius 2 is 1.78 bits per heavy atom. The summed E-state index contributed by atoms with van der Waals surface area (Å²) in [5.74, 6) is 0.406. The third kappa shape index (κ3) is 1.67. The van der Waals surface area contributed by atoms with Crippen molar-refractivity contribution < 1.29 is 0 Å². The van der Waals surface area contributed by atoms with Crippen molar-refractivity contribution in [2.75, 3.05) is 0 Å². The number of fused-ring (bicyclic) bond motifs is 1. The van der Waals surface area contributed by atoms with Crippen LogP contribution in [0, 0.1) is 0 Å². The van der Waals surface area contributed by atoms with Gasteiger partial charge in [0, 0.05) is 23.2 Å². The van der Waals surface area contributed by atoms with E-state index in [1.54, 1.807) is 0 Å². The zero-order valence-electron chi connectivity index (χ0n) is 10.8. The van der Waals surface area contributed by atoms with E-state index in [9.17, 15) is 0 Å². The van der Waals surface area contributed by atoms with Crippen LogP contribution in [0.25, 0.3) is 6.08 Å². The van der Waals surface area contributed by atoms with Gasteiger partial charge in [0.15, 0.2) is 0 Å². The van der Waals surface area contributed by atoms with E-state index in [0.29, 0.717) is 5.92 Å². The number of pyridine rings is 1. The summed E-state index contributed by atoms with van der Waals surface area (Å²) in [7, 11) is 0. The second kappa shape index (κ2) is 4.09. The number of nitrogens with zero attached hydrogens (tertiary/aromatic N) is 1. The van der Waals surface area contributed by atoms with Crippen LogP contribution in [0.15, 0.2) is 54.7 Å². The summed E-state index contributed by atoms with van der Waals surface area (Å²) in [5.41, 5.74) is 3.92. The molecule has 1 atom stereocenters. The molecule has 1 nitrogen and oxygen atoms in total. The predicted molar refractivity (Wildman–Crippen MR) is 75.5 cm³/mol. The molecule has 3 rings (SSSR count). The van der Waals surface area contributed by atoms with E-state index in [0.717, 1.165) is 5.69 Å². The van der Waals surface area contributed by atoms with Crippen LogP contribution >= 0.6 is 0 Å². The molecule has 0 spiro atoms. The highest BCUT2D eigenvalue weighted by atomic mass is 14.7. The number of hydrogen-bond donors (Lipinski definition) is 0. The van der Waals surface area contributed by atoms with Crippen molar-refractivity contribution in [3.8, 4) is 0 Å². The summed E-state index contributed by atoms with van der Waals surface area (Å²) in [6.45, 7) is 4.54. The number of allylic oxidation sites excluding steroid dienone is 1. The Balaban J connectivity index is 2.05. The highest BCUT2D eigenvalue weighted by Crippen LogP contribution is 2.43. The van der Waals surface area contributed by atoms with Gasteiger partial charge in [-0.3, -0.25) is 4.98 Å². The first kappa shape index (κ1) is 11.2. The molecular weight excluding hydrogens is 218 g/mol. The molecule has 0 bridgehead atoms. The van der Waals surface area contributed by atoms with E-state index in [1.807, 2.05) is 12.3 Å². The van der Waals surface area contributed by atoms with Crippen LogP contribution in [0.2, 0.25) is 0 Å². The lowest BCUT2D eigenvalue weighted by molar-refractivity contribution is 0.459. The summed E-state index contributed by atoms with van der Waals surface area (Å²) in [6, 6.07) is 14.8. The van der Waals surface area contributed by atoms with Gasteiger partial charge in [-0.25, -0.2) is 0 Å². The lowest BCUT2D eigenvalue weighted by Crippen LogP contribution is -2.26. The molecule has 0 aliphatic heterocycles. The normalized spacial score (nSPS) is 17.8. The zero-order chi connectivity index (χ0) is 12.6. The molecule has 1 aliphatic carbocycles. The zero-order valence-corrected chi connectivity index (χ0v) is 10.8. The van der Waals surface area contributed by atoms with Gasteiger partial charge < -0.3 is 0 Å². The molecule has 1 unspecified atom stereocenters. The largest absolute Gasteiger partial charge is 0.261 e. The molecular formula is C17H17N. The van der Waals surface area contributed by atoms with E-state index in [4.69, 9.17) is 0 Å². The minimum atomic E-state index is 0.0182. The standard InChI is InChI=1S/C17H17N/c1-17(2,16-9-5-6-12-18-16)15-11-10-13-7-3-4-8-14(13)15/h3-12,15H,1-2H3. The first-order chi connectivity index (χ1) is 8.69. The summed E-state index contributed by atoms with van der Waals surface area (Å²) < 4.78 is 0. The maximum atomic E-state index is 4.53. The quantitative estimate of drug-likeness (QED) is 0.761. The van der Waals surface area contributed by atoms with Crippen molar-refractivity contribution in [3.63, 3.8) is 0 Å². The molecule has 1 aromatic carbocycles. The summed E-state index contributed by atoms with van der Waals surface area (Å²) in [6.07, 6.45) is 6.41. The Hall–Kier alpha value is -1.89. The maximum absolute atomic E-state index is 4.53. The highest BCUT2D eigenvalue weighted by molar-refractivity contribution is 5.63. The molecule has 18 heavy (non-hydrogen) atoms. The third-order valence-corrected chi connectivity index (χ3v) is 3.90. The Morgan fingerprint density at radius 1 is 1.00 bits per heavy atom. The van der Waals surface area contributed by atoms with Gasteiger partial charge in [-0.1, -0.05) is 56.3 Å². The first-order valence-electron chi connectivity index (χ1n) is 6.38. The highest BCUT2D eigenvalue weighted by Gasteiger charge is 2.34. The number of hydrogen-bond acceptors (Lipinski definition) is 1. The van der Waals surface area contributed by atoms with Gasteiger partial charge in [0.2, 0.25) is 0 Å². The molecule has 90 valence electrons. The summed E-state index contributed by atoms with van der Waals surface area (Å²) in [5, 5.41) is 0. The molecule has 0 N–H and O–H groups in total. The fourth-order valence-electron chi connectivity index (χ4n) is 2.78. The molecule has 0 amide bonds. The van der Waals surface area contributed by atoms with Gasteiger partial charge in [-0.15, -0.1) is 0 Å². The molecule has 0 radical (unpaired) electrons. The number of benzene rings is 1. The molecule has 1 aliphatic rings. The summed E-state index contributed by atoms with van der Waals surface area (Å²) >= 11 is 0. The molecule has 2 aromatic rings. The van der Waals surface area contributed by atoms with Crippen LogP contribution in [-0.2, 0) is 5.41 Å². The second-order valence-corrected chi connectivity index (χ2v) is 5.40. The fraction of sp³-hybridized carbons (Fsp3) is 0.235. The van der Waals surface area contributed by atoms with E-state index >= 15 is 0 Å². The Bertz CT molecular complexity index is 582. The van der Waals surface area contributed by atoms with E-state index < -0.39 is 0 Å². The van der Waals surface area contributed by atoms with Crippen molar-refractivity contribution in [1.82, 2.24) is 4.98 Å². The van der Waals surface area contributed by atoms with Crippen LogP contribution in [0.4, 0.5) is 0 Å². The van der Waals surface area contributed by atoms with Crippen LogP contribution < -0.4 is 0 Å². The Morgan fingerprint density at radius 3 is 2.56 bits per heavy atom. The topological polar surface area (TPSA) is 12.9 Å². The van der Waals surface area contributed by atoms with Crippen LogP contribution in [0.1, 0.15) is 36.6 Å². The van der Waals surface area contributed by atoms with E-state index in [1.165, 1.54) is 11.1 Å². The summed E-state index contributed by atoms with van der Waals surface area (Å²) in [4.78, 5) is 4.53. The monoisotopic (exact) mass is 235 g/mol. The average Bonchev–Trinajstić information content (AvgIpc) is 2.84. The lowest BCUT2D eigenvalue weighted by atomic mass is 9.73. The van der Waals surface area contributed by atoms with Gasteiger partial charge in [0.25, 0.3) is 0 Å². The number of rotatable bonds is 2. The average molecular weight is 235 g/mol. The van der Waals surface area contributed by atoms with Crippen molar-refractivity contribution in [3.05, 3.63) is 71.6 Å². The number of aromatic nitrogens is 1. The van der Waals surface area contributed by atoms with Gasteiger partial charge in [0.05, 0.1) is 0 Å². The minimum absolute atomic E-state index is 0.0182. The molecule has 0 saturated carbocycles. The van der Waals surface area contributed by atoms with Crippen molar-refractivity contribution >= 4 is 6.08 Å². The van der Waals surface area contributed by atoms with E-state index in [2.05, 4.69) is 67.4 Å². The van der Waals surface area contributed by atoms with Gasteiger partial charge in [-0.05, 0) is 23.3 Å². The fourth-order valence-corrected chi connectivity index (χ4v) is 2.78. The van der Waals surface area contributed by atoms with Crippen LogP contribution in [-0.4, -0.2) is 4.98 Å². The van der Waals surface area contributed by atoms with Crippen molar-refractivity contribution in [1.29, 1.82) is 0 Å². The van der Waals surface area contributed by atoms with Crippen molar-refractivity contribution in [2.45, 2.75) is 25.2 Å². The molecule has 1 heteroatoms. The maximum Gasteiger partial charge on any atom is 0.0469 e. The first-order valence-corrected chi connectivity index (χ1v) is 6.38. The molecule has 1 aromatic heterocycles. The smallest absolute Gasteiger partial charge is 0.0469 e. The minimum Gasteiger partial charge on any atom is -0.261 e.